The summed E-state index contributed by atoms with van der Waals surface area (Å²) in [6.07, 6.45) is 5.44. The van der Waals surface area contributed by atoms with Gasteiger partial charge in [-0.25, -0.2) is 4.39 Å². The molecule has 0 radical (unpaired) electrons. The first-order valence-electron chi connectivity index (χ1n) is 10.6. The van der Waals surface area contributed by atoms with Crippen LogP contribution in [-0.2, 0) is 11.3 Å². The molecule has 162 valence electrons. The molecule has 3 aromatic rings. The Labute approximate surface area is 182 Å². The van der Waals surface area contributed by atoms with Gasteiger partial charge in [-0.2, -0.15) is 0 Å². The first-order valence-corrected chi connectivity index (χ1v) is 10.6. The van der Waals surface area contributed by atoms with Gasteiger partial charge in [0, 0.05) is 42.8 Å². The molecular weight excluding hydrogens is 393 g/mol. The molecule has 0 aliphatic rings. The number of aryl methyl sites for hydroxylation is 1. The average molecular weight is 422 g/mol. The van der Waals surface area contributed by atoms with E-state index < -0.39 is 11.7 Å². The molecule has 0 saturated heterocycles. The molecule has 6 heteroatoms. The quantitative estimate of drug-likeness (QED) is 0.530. The lowest BCUT2D eigenvalue weighted by Crippen LogP contribution is -2.36. The number of hydrogen-bond donors (Lipinski definition) is 1. The van der Waals surface area contributed by atoms with Gasteiger partial charge in [0.25, 0.3) is 11.8 Å². The normalized spacial score (nSPS) is 11.5. The van der Waals surface area contributed by atoms with Crippen LogP contribution in [-0.4, -0.2) is 34.9 Å². The van der Waals surface area contributed by atoms with E-state index in [9.17, 15) is 14.0 Å². The van der Waals surface area contributed by atoms with Crippen molar-refractivity contribution in [2.24, 2.45) is 0 Å². The van der Waals surface area contributed by atoms with Crippen LogP contribution in [0.15, 0.2) is 60.4 Å². The second kappa shape index (κ2) is 10.1. The van der Waals surface area contributed by atoms with Gasteiger partial charge >= 0.3 is 0 Å². The summed E-state index contributed by atoms with van der Waals surface area (Å²) in [6, 6.07) is 13.6. The fourth-order valence-electron chi connectivity index (χ4n) is 3.50. The van der Waals surface area contributed by atoms with Crippen molar-refractivity contribution in [2.45, 2.75) is 33.2 Å². The number of carbonyl (C=O) groups excluding carboxylic acids is 2. The number of para-hydroxylation sites is 1. The van der Waals surface area contributed by atoms with Gasteiger partial charge in [-0.3, -0.25) is 9.59 Å². The number of halogens is 1. The van der Waals surface area contributed by atoms with Crippen molar-refractivity contribution in [1.29, 1.82) is 0 Å². The molecule has 1 aromatic heterocycles. The molecule has 0 fully saturated rings. The SMILES string of the molecule is CCCCN(C)C(=O)C(=Cc1cn(CC)c2ccccc12)NC(=O)c1ccccc1F. The minimum Gasteiger partial charge on any atom is -0.347 e. The van der Waals surface area contributed by atoms with E-state index in [2.05, 4.69) is 16.8 Å². The number of carbonyl (C=O) groups is 2. The van der Waals surface area contributed by atoms with Crippen molar-refractivity contribution in [1.82, 2.24) is 14.8 Å². The molecule has 3 rings (SSSR count). The maximum absolute atomic E-state index is 14.1. The van der Waals surface area contributed by atoms with E-state index in [-0.39, 0.29) is 17.2 Å². The largest absolute Gasteiger partial charge is 0.347 e. The predicted molar refractivity (Wildman–Crippen MR) is 122 cm³/mol. The topological polar surface area (TPSA) is 54.3 Å². The highest BCUT2D eigenvalue weighted by Crippen LogP contribution is 2.24. The molecule has 0 aliphatic heterocycles. The molecule has 1 heterocycles. The van der Waals surface area contributed by atoms with Crippen LogP contribution in [0.4, 0.5) is 4.39 Å². The summed E-state index contributed by atoms with van der Waals surface area (Å²) in [5.74, 6) is -1.60. The zero-order chi connectivity index (χ0) is 22.4. The van der Waals surface area contributed by atoms with E-state index in [1.165, 1.54) is 18.2 Å². The molecule has 31 heavy (non-hydrogen) atoms. The van der Waals surface area contributed by atoms with E-state index >= 15 is 0 Å². The van der Waals surface area contributed by atoms with Crippen LogP contribution in [0, 0.1) is 5.82 Å². The van der Waals surface area contributed by atoms with E-state index in [1.54, 1.807) is 24.1 Å². The third kappa shape index (κ3) is 5.02. The number of fused-ring (bicyclic) bond motifs is 1. The standard InChI is InChI=1S/C25H28FN3O2/c1-4-6-15-28(3)25(31)22(27-24(30)20-12-7-9-13-21(20)26)16-18-17-29(5-2)23-14-10-8-11-19(18)23/h7-14,16-17H,4-6,15H2,1-3H3,(H,27,30). The molecule has 0 bridgehead atoms. The smallest absolute Gasteiger partial charge is 0.270 e. The lowest BCUT2D eigenvalue weighted by atomic mass is 10.1. The predicted octanol–water partition coefficient (Wildman–Crippen LogP) is 4.83. The summed E-state index contributed by atoms with van der Waals surface area (Å²) in [5.41, 5.74) is 1.88. The van der Waals surface area contributed by atoms with Crippen LogP contribution in [0.1, 0.15) is 42.6 Å². The first-order chi connectivity index (χ1) is 15.0. The van der Waals surface area contributed by atoms with Crippen molar-refractivity contribution in [3.05, 3.63) is 77.4 Å². The third-order valence-electron chi connectivity index (χ3n) is 5.25. The molecular formula is C25H28FN3O2. The van der Waals surface area contributed by atoms with Crippen LogP contribution >= 0.6 is 0 Å². The second-order valence-electron chi connectivity index (χ2n) is 7.46. The van der Waals surface area contributed by atoms with Gasteiger partial charge < -0.3 is 14.8 Å². The van der Waals surface area contributed by atoms with E-state index in [0.29, 0.717) is 6.54 Å². The van der Waals surface area contributed by atoms with Gasteiger partial charge in [-0.05, 0) is 37.6 Å². The van der Waals surface area contributed by atoms with Crippen LogP contribution in [0.5, 0.6) is 0 Å². The summed E-state index contributed by atoms with van der Waals surface area (Å²) in [7, 11) is 1.70. The number of hydrogen-bond acceptors (Lipinski definition) is 2. The Balaban J connectivity index is 2.03. The number of likely N-dealkylation sites (N-methyl/N-ethyl adjacent to an activating group) is 1. The maximum atomic E-state index is 14.1. The molecule has 5 nitrogen and oxygen atoms in total. The van der Waals surface area contributed by atoms with Crippen molar-refractivity contribution < 1.29 is 14.0 Å². The number of aromatic nitrogens is 1. The number of rotatable bonds is 8. The van der Waals surface area contributed by atoms with Crippen LogP contribution < -0.4 is 5.32 Å². The Morgan fingerprint density at radius 3 is 2.52 bits per heavy atom. The second-order valence-corrected chi connectivity index (χ2v) is 7.46. The highest BCUT2D eigenvalue weighted by molar-refractivity contribution is 6.06. The fraction of sp³-hybridized carbons (Fsp3) is 0.280. The molecule has 0 aliphatic carbocycles. The summed E-state index contributed by atoms with van der Waals surface area (Å²) >= 11 is 0. The van der Waals surface area contributed by atoms with Crippen LogP contribution in [0.3, 0.4) is 0 Å². The minimum absolute atomic E-state index is 0.103. The summed E-state index contributed by atoms with van der Waals surface area (Å²) in [6.45, 7) is 5.44. The van der Waals surface area contributed by atoms with Gasteiger partial charge in [-0.15, -0.1) is 0 Å². The fourth-order valence-corrected chi connectivity index (χ4v) is 3.50. The Morgan fingerprint density at radius 2 is 1.81 bits per heavy atom. The van der Waals surface area contributed by atoms with Crippen molar-refractivity contribution in [3.63, 3.8) is 0 Å². The summed E-state index contributed by atoms with van der Waals surface area (Å²) < 4.78 is 16.2. The zero-order valence-electron chi connectivity index (χ0n) is 18.2. The highest BCUT2D eigenvalue weighted by atomic mass is 19.1. The number of amides is 2. The summed E-state index contributed by atoms with van der Waals surface area (Å²) in [5, 5.41) is 3.63. The molecule has 2 amide bonds. The van der Waals surface area contributed by atoms with Gasteiger partial charge in [0.15, 0.2) is 0 Å². The Bertz CT molecular complexity index is 1120. The Kier molecular flexibility index (Phi) is 7.23. The van der Waals surface area contributed by atoms with Gasteiger partial charge in [0.1, 0.15) is 11.5 Å². The molecule has 0 saturated carbocycles. The number of unbranched alkanes of at least 4 members (excludes halogenated alkanes) is 1. The molecule has 0 spiro atoms. The van der Waals surface area contributed by atoms with Crippen molar-refractivity contribution in [3.8, 4) is 0 Å². The van der Waals surface area contributed by atoms with Crippen molar-refractivity contribution in [2.75, 3.05) is 13.6 Å². The lowest BCUT2D eigenvalue weighted by molar-refractivity contribution is -0.126. The van der Waals surface area contributed by atoms with Crippen molar-refractivity contribution >= 4 is 28.8 Å². The molecule has 0 unspecified atom stereocenters. The third-order valence-corrected chi connectivity index (χ3v) is 5.25. The van der Waals surface area contributed by atoms with Gasteiger partial charge in [-0.1, -0.05) is 43.7 Å². The lowest BCUT2D eigenvalue weighted by Gasteiger charge is -2.19. The average Bonchev–Trinajstić information content (AvgIpc) is 3.14. The number of nitrogens with zero attached hydrogens (tertiary/aromatic N) is 2. The number of benzene rings is 2. The van der Waals surface area contributed by atoms with E-state index in [0.717, 1.165) is 35.9 Å². The molecule has 0 atom stereocenters. The Morgan fingerprint density at radius 1 is 1.10 bits per heavy atom. The monoisotopic (exact) mass is 421 g/mol. The maximum Gasteiger partial charge on any atom is 0.270 e. The highest BCUT2D eigenvalue weighted by Gasteiger charge is 2.20. The molecule has 1 N–H and O–H groups in total. The van der Waals surface area contributed by atoms with Gasteiger partial charge in [0.05, 0.1) is 5.56 Å². The minimum atomic E-state index is -0.652. The summed E-state index contributed by atoms with van der Waals surface area (Å²) in [4.78, 5) is 27.5. The van der Waals surface area contributed by atoms with Crippen LogP contribution in [0.2, 0.25) is 0 Å². The molecule has 2 aromatic carbocycles. The Hall–Kier alpha value is -3.41. The van der Waals surface area contributed by atoms with E-state index in [4.69, 9.17) is 0 Å². The first kappa shape index (κ1) is 22.3. The zero-order valence-corrected chi connectivity index (χ0v) is 18.2. The van der Waals surface area contributed by atoms with Crippen LogP contribution in [0.25, 0.3) is 17.0 Å². The van der Waals surface area contributed by atoms with Gasteiger partial charge in [0.2, 0.25) is 0 Å². The van der Waals surface area contributed by atoms with E-state index in [1.807, 2.05) is 37.4 Å². The number of nitrogens with one attached hydrogen (secondary N) is 1.